The molecule has 0 aliphatic carbocycles. The number of aryl methyl sites for hydroxylation is 1. The van der Waals surface area contributed by atoms with Crippen molar-refractivity contribution in [3.05, 3.63) is 35.9 Å². The highest BCUT2D eigenvalue weighted by Gasteiger charge is 2.29. The van der Waals surface area contributed by atoms with E-state index in [1.807, 2.05) is 18.2 Å². The average molecular weight is 352 g/mol. The van der Waals surface area contributed by atoms with Crippen LogP contribution >= 0.6 is 7.82 Å². The van der Waals surface area contributed by atoms with Crippen LogP contribution in [0.2, 0.25) is 0 Å². The van der Waals surface area contributed by atoms with E-state index < -0.39 is 13.9 Å². The van der Waals surface area contributed by atoms with Crippen LogP contribution in [-0.2, 0) is 24.6 Å². The first-order valence-electron chi connectivity index (χ1n) is 8.73. The fourth-order valence-corrected chi connectivity index (χ4v) is 3.41. The molecule has 0 fully saturated rings. The Kier molecular flexibility index (Phi) is 10.7. The highest BCUT2D eigenvalue weighted by atomic mass is 31.2. The average Bonchev–Trinajstić information content (AvgIpc) is 2.57. The van der Waals surface area contributed by atoms with E-state index in [9.17, 15) is 4.57 Å². The normalized spacial score (nSPS) is 12.5. The smallest absolute Gasteiger partial charge is 0.287 e. The predicted octanol–water partition coefficient (Wildman–Crippen LogP) is 5.38. The maximum atomic E-state index is 12.6. The van der Waals surface area contributed by atoms with E-state index in [-0.39, 0.29) is 13.2 Å². The SMILES string of the molecule is CCCCC#CC(CCc1ccccc1)OP(=O)(OCC)OCC. The first kappa shape index (κ1) is 20.9. The molecule has 24 heavy (non-hydrogen) atoms. The van der Waals surface area contributed by atoms with Crippen LogP contribution in [0.15, 0.2) is 30.3 Å². The number of hydrogen-bond donors (Lipinski definition) is 0. The number of hydrogen-bond acceptors (Lipinski definition) is 4. The predicted molar refractivity (Wildman–Crippen MR) is 97.8 cm³/mol. The molecule has 0 N–H and O–H groups in total. The van der Waals surface area contributed by atoms with E-state index in [2.05, 4.69) is 30.9 Å². The molecule has 1 unspecified atom stereocenters. The topological polar surface area (TPSA) is 44.8 Å². The van der Waals surface area contributed by atoms with Gasteiger partial charge < -0.3 is 0 Å². The zero-order valence-electron chi connectivity index (χ0n) is 15.0. The van der Waals surface area contributed by atoms with E-state index in [0.29, 0.717) is 6.42 Å². The third-order valence-corrected chi connectivity index (χ3v) is 4.95. The molecule has 1 aromatic carbocycles. The van der Waals surface area contributed by atoms with Crippen LogP contribution in [0.1, 0.15) is 52.0 Å². The van der Waals surface area contributed by atoms with Crippen LogP contribution in [0, 0.1) is 11.8 Å². The minimum atomic E-state index is -3.55. The van der Waals surface area contributed by atoms with E-state index in [1.165, 1.54) is 5.56 Å². The van der Waals surface area contributed by atoms with Crippen LogP contribution in [0.25, 0.3) is 0 Å². The summed E-state index contributed by atoms with van der Waals surface area (Å²) >= 11 is 0. The molecule has 0 heterocycles. The second-order valence-corrected chi connectivity index (χ2v) is 6.95. The summed E-state index contributed by atoms with van der Waals surface area (Å²) in [5, 5.41) is 0. The molecule has 1 atom stereocenters. The van der Waals surface area contributed by atoms with Crippen LogP contribution in [0.3, 0.4) is 0 Å². The summed E-state index contributed by atoms with van der Waals surface area (Å²) in [6.07, 6.45) is 3.94. The first-order chi connectivity index (χ1) is 11.6. The van der Waals surface area contributed by atoms with Gasteiger partial charge in [-0.3, -0.25) is 13.6 Å². The summed E-state index contributed by atoms with van der Waals surface area (Å²) in [6.45, 7) is 6.20. The molecule has 0 radical (unpaired) electrons. The Morgan fingerprint density at radius 2 is 1.75 bits per heavy atom. The summed E-state index contributed by atoms with van der Waals surface area (Å²) in [6, 6.07) is 10.1. The molecule has 1 rings (SSSR count). The fourth-order valence-electron chi connectivity index (χ4n) is 2.12. The lowest BCUT2D eigenvalue weighted by Crippen LogP contribution is -2.13. The van der Waals surface area contributed by atoms with Crippen molar-refractivity contribution < 1.29 is 18.1 Å². The molecular weight excluding hydrogens is 323 g/mol. The van der Waals surface area contributed by atoms with Gasteiger partial charge in [0, 0.05) is 6.42 Å². The summed E-state index contributed by atoms with van der Waals surface area (Å²) in [5.74, 6) is 6.22. The van der Waals surface area contributed by atoms with Gasteiger partial charge >= 0.3 is 7.82 Å². The van der Waals surface area contributed by atoms with Gasteiger partial charge in [0.25, 0.3) is 0 Å². The van der Waals surface area contributed by atoms with Gasteiger partial charge in [0.05, 0.1) is 13.2 Å². The van der Waals surface area contributed by atoms with Gasteiger partial charge in [-0.05, 0) is 38.7 Å². The van der Waals surface area contributed by atoms with Crippen molar-refractivity contribution in [3.63, 3.8) is 0 Å². The number of unbranched alkanes of at least 4 members (excludes halogenated alkanes) is 2. The largest absolute Gasteiger partial charge is 0.475 e. The number of benzene rings is 1. The summed E-state index contributed by atoms with van der Waals surface area (Å²) in [7, 11) is -3.55. The standard InChI is InChI=1S/C19H29O4P/c1-4-7-8-12-15-19(17-16-18-13-10-9-11-14-18)23-24(20,21-5-2)22-6-3/h9-11,13-14,19H,4-8,16-17H2,1-3H3. The van der Waals surface area contributed by atoms with Crippen molar-refractivity contribution >= 4 is 7.82 Å². The third-order valence-electron chi connectivity index (χ3n) is 3.29. The van der Waals surface area contributed by atoms with Gasteiger partial charge in [-0.2, -0.15) is 0 Å². The Bertz CT molecular complexity index is 537. The maximum Gasteiger partial charge on any atom is 0.475 e. The molecule has 0 aromatic heterocycles. The molecule has 0 spiro atoms. The van der Waals surface area contributed by atoms with Crippen LogP contribution in [-0.4, -0.2) is 19.3 Å². The van der Waals surface area contributed by atoms with Crippen molar-refractivity contribution in [1.29, 1.82) is 0 Å². The Labute approximate surface area is 146 Å². The van der Waals surface area contributed by atoms with E-state index in [0.717, 1.165) is 25.7 Å². The molecule has 1 aromatic rings. The Morgan fingerprint density at radius 1 is 1.08 bits per heavy atom. The number of phosphoric ester groups is 1. The first-order valence-corrected chi connectivity index (χ1v) is 10.2. The quantitative estimate of drug-likeness (QED) is 0.305. The fraction of sp³-hybridized carbons (Fsp3) is 0.579. The molecule has 0 bridgehead atoms. The van der Waals surface area contributed by atoms with Gasteiger partial charge in [-0.15, -0.1) is 5.92 Å². The summed E-state index contributed by atoms with van der Waals surface area (Å²) in [4.78, 5) is 0. The molecule has 0 saturated heterocycles. The zero-order chi connectivity index (χ0) is 17.7. The van der Waals surface area contributed by atoms with E-state index in [1.54, 1.807) is 13.8 Å². The molecule has 0 saturated carbocycles. The van der Waals surface area contributed by atoms with Crippen LogP contribution in [0.4, 0.5) is 0 Å². The van der Waals surface area contributed by atoms with Crippen molar-refractivity contribution in [2.75, 3.05) is 13.2 Å². The van der Waals surface area contributed by atoms with Gasteiger partial charge in [0.1, 0.15) is 6.10 Å². The maximum absolute atomic E-state index is 12.6. The lowest BCUT2D eigenvalue weighted by Gasteiger charge is -2.20. The van der Waals surface area contributed by atoms with Crippen molar-refractivity contribution in [2.45, 2.75) is 59.0 Å². The lowest BCUT2D eigenvalue weighted by molar-refractivity contribution is 0.101. The second kappa shape index (κ2) is 12.3. The van der Waals surface area contributed by atoms with Gasteiger partial charge in [0.2, 0.25) is 0 Å². The van der Waals surface area contributed by atoms with E-state index >= 15 is 0 Å². The molecule has 0 aliphatic heterocycles. The van der Waals surface area contributed by atoms with Crippen molar-refractivity contribution in [2.24, 2.45) is 0 Å². The molecule has 134 valence electrons. The molecule has 4 nitrogen and oxygen atoms in total. The monoisotopic (exact) mass is 352 g/mol. The summed E-state index contributed by atoms with van der Waals surface area (Å²) in [5.41, 5.74) is 1.20. The lowest BCUT2D eigenvalue weighted by atomic mass is 10.1. The molecule has 0 aliphatic rings. The molecular formula is C19H29O4P. The summed E-state index contributed by atoms with van der Waals surface area (Å²) < 4.78 is 28.7. The second-order valence-electron chi connectivity index (χ2n) is 5.33. The van der Waals surface area contributed by atoms with Crippen LogP contribution < -0.4 is 0 Å². The van der Waals surface area contributed by atoms with Crippen LogP contribution in [0.5, 0.6) is 0 Å². The highest BCUT2D eigenvalue weighted by molar-refractivity contribution is 7.48. The van der Waals surface area contributed by atoms with Gasteiger partial charge in [-0.25, -0.2) is 4.57 Å². The van der Waals surface area contributed by atoms with Crippen molar-refractivity contribution in [3.8, 4) is 11.8 Å². The van der Waals surface area contributed by atoms with Crippen molar-refractivity contribution in [1.82, 2.24) is 0 Å². The number of phosphoric acid groups is 1. The van der Waals surface area contributed by atoms with Gasteiger partial charge in [0.15, 0.2) is 0 Å². The number of rotatable bonds is 11. The highest BCUT2D eigenvalue weighted by Crippen LogP contribution is 2.50. The minimum absolute atomic E-state index is 0.270. The zero-order valence-corrected chi connectivity index (χ0v) is 15.9. The Balaban J connectivity index is 2.74. The molecule has 0 amide bonds. The van der Waals surface area contributed by atoms with Gasteiger partial charge in [-0.1, -0.05) is 49.6 Å². The Morgan fingerprint density at radius 3 is 2.33 bits per heavy atom. The van der Waals surface area contributed by atoms with E-state index in [4.69, 9.17) is 13.6 Å². The third kappa shape index (κ3) is 8.66. The Hall–Kier alpha value is -1.11. The minimum Gasteiger partial charge on any atom is -0.287 e. The molecule has 5 heteroatoms.